The molecule has 0 saturated carbocycles. The van der Waals surface area contributed by atoms with Crippen LogP contribution in [-0.2, 0) is 10.0 Å². The first-order chi connectivity index (χ1) is 9.42. The molecule has 0 aromatic heterocycles. The maximum atomic E-state index is 13.7. The molecule has 0 bridgehead atoms. The molecular formula is C11H12F4N2O3S. The smallest absolute Gasteiger partial charge is 0.341 e. The Morgan fingerprint density at radius 2 is 1.90 bits per heavy atom. The van der Waals surface area contributed by atoms with E-state index >= 15 is 0 Å². The number of hydrogen-bond donors (Lipinski definition) is 1. The van der Waals surface area contributed by atoms with Gasteiger partial charge in [0.15, 0.2) is 0 Å². The van der Waals surface area contributed by atoms with Crippen LogP contribution in [0.2, 0.25) is 0 Å². The molecule has 0 atom stereocenters. The first-order valence-electron chi connectivity index (χ1n) is 5.56. The number of primary sulfonamides is 1. The summed E-state index contributed by atoms with van der Waals surface area (Å²) in [6, 6.07) is 2.31. The third-order valence-electron chi connectivity index (χ3n) is 2.58. The molecule has 0 radical (unpaired) electrons. The van der Waals surface area contributed by atoms with Gasteiger partial charge in [0, 0.05) is 13.6 Å². The van der Waals surface area contributed by atoms with Crippen molar-refractivity contribution < 1.29 is 30.8 Å². The Labute approximate surface area is 118 Å². The van der Waals surface area contributed by atoms with Gasteiger partial charge in [-0.25, -0.2) is 17.9 Å². The Morgan fingerprint density at radius 3 is 2.33 bits per heavy atom. The molecule has 0 spiro atoms. The van der Waals surface area contributed by atoms with Crippen molar-refractivity contribution >= 4 is 15.9 Å². The SMILES string of the molecule is CN(CCC(F)(F)F)C(=O)c1ccc(S(N)(=O)=O)cc1F. The molecule has 10 heteroatoms. The third kappa shape index (κ3) is 4.97. The highest BCUT2D eigenvalue weighted by molar-refractivity contribution is 7.89. The monoisotopic (exact) mass is 328 g/mol. The predicted octanol–water partition coefficient (Wildman–Crippen LogP) is 1.50. The van der Waals surface area contributed by atoms with E-state index in [0.29, 0.717) is 11.0 Å². The molecule has 0 aliphatic heterocycles. The standard InChI is InChI=1S/C11H12F4N2O3S/c1-17(5-4-11(13,14)15)10(18)8-3-2-7(6-9(8)12)21(16,19)20/h2-3,6H,4-5H2,1H3,(H2,16,19,20). The average molecular weight is 328 g/mol. The molecule has 0 aliphatic rings. The van der Waals surface area contributed by atoms with Crippen molar-refractivity contribution in [3.05, 3.63) is 29.6 Å². The zero-order chi connectivity index (χ0) is 16.4. The fourth-order valence-corrected chi connectivity index (χ4v) is 1.97. The predicted molar refractivity (Wildman–Crippen MR) is 65.4 cm³/mol. The van der Waals surface area contributed by atoms with Gasteiger partial charge in [0.1, 0.15) is 5.82 Å². The van der Waals surface area contributed by atoms with E-state index in [4.69, 9.17) is 5.14 Å². The second-order valence-electron chi connectivity index (χ2n) is 4.28. The summed E-state index contributed by atoms with van der Waals surface area (Å²) in [6.45, 7) is -0.640. The minimum atomic E-state index is -4.44. The van der Waals surface area contributed by atoms with Crippen LogP contribution in [0.25, 0.3) is 0 Å². The number of nitrogens with zero attached hydrogens (tertiary/aromatic N) is 1. The largest absolute Gasteiger partial charge is 0.390 e. The van der Waals surface area contributed by atoms with Crippen LogP contribution < -0.4 is 5.14 Å². The molecule has 1 aromatic carbocycles. The minimum absolute atomic E-state index is 0.533. The number of halogens is 4. The Hall–Kier alpha value is -1.68. The first-order valence-corrected chi connectivity index (χ1v) is 7.11. The third-order valence-corrected chi connectivity index (χ3v) is 3.49. The average Bonchev–Trinajstić information content (AvgIpc) is 2.33. The number of carbonyl (C=O) groups is 1. The van der Waals surface area contributed by atoms with Crippen molar-refractivity contribution in [1.82, 2.24) is 4.90 Å². The summed E-state index contributed by atoms with van der Waals surface area (Å²) in [5.74, 6) is -2.16. The minimum Gasteiger partial charge on any atom is -0.341 e. The van der Waals surface area contributed by atoms with Crippen molar-refractivity contribution in [3.63, 3.8) is 0 Å². The molecule has 0 aliphatic carbocycles. The summed E-state index contributed by atoms with van der Waals surface area (Å²) in [7, 11) is -3.05. The number of nitrogens with two attached hydrogens (primary N) is 1. The van der Waals surface area contributed by atoms with Crippen LogP contribution >= 0.6 is 0 Å². The first kappa shape index (κ1) is 17.4. The quantitative estimate of drug-likeness (QED) is 0.851. The maximum absolute atomic E-state index is 13.7. The van der Waals surface area contributed by atoms with Crippen molar-refractivity contribution in [2.75, 3.05) is 13.6 Å². The van der Waals surface area contributed by atoms with E-state index in [2.05, 4.69) is 0 Å². The highest BCUT2D eigenvalue weighted by atomic mass is 32.2. The van der Waals surface area contributed by atoms with Crippen molar-refractivity contribution in [2.45, 2.75) is 17.5 Å². The fourth-order valence-electron chi connectivity index (χ4n) is 1.45. The van der Waals surface area contributed by atoms with Gasteiger partial charge in [0.05, 0.1) is 16.9 Å². The molecular weight excluding hydrogens is 316 g/mol. The van der Waals surface area contributed by atoms with Crippen LogP contribution in [0.5, 0.6) is 0 Å². The van der Waals surface area contributed by atoms with Gasteiger partial charge in [-0.2, -0.15) is 13.2 Å². The molecule has 1 aromatic rings. The van der Waals surface area contributed by atoms with Crippen LogP contribution in [-0.4, -0.2) is 39.0 Å². The number of carbonyl (C=O) groups excluding carboxylic acids is 1. The van der Waals surface area contributed by atoms with E-state index in [0.717, 1.165) is 19.2 Å². The topological polar surface area (TPSA) is 80.5 Å². The zero-order valence-electron chi connectivity index (χ0n) is 10.8. The van der Waals surface area contributed by atoms with Gasteiger partial charge in [-0.3, -0.25) is 4.79 Å². The summed E-state index contributed by atoms with van der Waals surface area (Å²) in [6.07, 6.45) is -5.67. The Balaban J connectivity index is 2.93. The number of amides is 1. The number of sulfonamides is 1. The molecule has 5 nitrogen and oxygen atoms in total. The Morgan fingerprint density at radius 1 is 1.33 bits per heavy atom. The lowest BCUT2D eigenvalue weighted by atomic mass is 10.2. The molecule has 0 saturated heterocycles. The molecule has 118 valence electrons. The fraction of sp³-hybridized carbons (Fsp3) is 0.364. The van der Waals surface area contributed by atoms with Crippen molar-refractivity contribution in [3.8, 4) is 0 Å². The van der Waals surface area contributed by atoms with Gasteiger partial charge in [0.2, 0.25) is 10.0 Å². The van der Waals surface area contributed by atoms with E-state index in [1.165, 1.54) is 0 Å². The lowest BCUT2D eigenvalue weighted by molar-refractivity contribution is -0.136. The second kappa shape index (κ2) is 5.98. The Bertz CT molecular complexity index is 643. The normalized spacial score (nSPS) is 12.3. The number of rotatable bonds is 4. The summed E-state index contributed by atoms with van der Waals surface area (Å²) >= 11 is 0. The van der Waals surface area contributed by atoms with Crippen molar-refractivity contribution in [2.24, 2.45) is 5.14 Å². The van der Waals surface area contributed by atoms with Crippen LogP contribution in [0.3, 0.4) is 0 Å². The molecule has 2 N–H and O–H groups in total. The number of benzene rings is 1. The molecule has 1 amide bonds. The summed E-state index contributed by atoms with van der Waals surface area (Å²) in [5.41, 5.74) is -0.535. The van der Waals surface area contributed by atoms with Gasteiger partial charge in [0.25, 0.3) is 5.91 Å². The molecule has 0 fully saturated rings. The van der Waals surface area contributed by atoms with Crippen LogP contribution in [0.4, 0.5) is 17.6 Å². The van der Waals surface area contributed by atoms with E-state index in [1.54, 1.807) is 0 Å². The van der Waals surface area contributed by atoms with Gasteiger partial charge < -0.3 is 4.90 Å². The second-order valence-corrected chi connectivity index (χ2v) is 5.84. The Kier molecular flexibility index (Phi) is 4.95. The molecule has 0 unspecified atom stereocenters. The van der Waals surface area contributed by atoms with Crippen molar-refractivity contribution in [1.29, 1.82) is 0 Å². The van der Waals surface area contributed by atoms with Gasteiger partial charge >= 0.3 is 6.18 Å². The van der Waals surface area contributed by atoms with Crippen LogP contribution in [0.15, 0.2) is 23.1 Å². The van der Waals surface area contributed by atoms with Gasteiger partial charge in [-0.1, -0.05) is 0 Å². The zero-order valence-corrected chi connectivity index (χ0v) is 11.6. The summed E-state index contributed by atoms with van der Waals surface area (Å²) in [5, 5.41) is 4.79. The highest BCUT2D eigenvalue weighted by Gasteiger charge is 2.28. The molecule has 0 heterocycles. The van der Waals surface area contributed by atoms with E-state index < -0.39 is 51.3 Å². The van der Waals surface area contributed by atoms with Crippen LogP contribution in [0.1, 0.15) is 16.8 Å². The maximum Gasteiger partial charge on any atom is 0.390 e. The van der Waals surface area contributed by atoms with E-state index in [1.807, 2.05) is 0 Å². The lowest BCUT2D eigenvalue weighted by Gasteiger charge is -2.18. The lowest BCUT2D eigenvalue weighted by Crippen LogP contribution is -2.31. The number of alkyl halides is 3. The van der Waals surface area contributed by atoms with Gasteiger partial charge in [-0.05, 0) is 18.2 Å². The molecule has 21 heavy (non-hydrogen) atoms. The van der Waals surface area contributed by atoms with E-state index in [9.17, 15) is 30.8 Å². The summed E-state index contributed by atoms with van der Waals surface area (Å²) < 4.78 is 71.8. The van der Waals surface area contributed by atoms with Crippen LogP contribution in [0, 0.1) is 5.82 Å². The van der Waals surface area contributed by atoms with E-state index in [-0.39, 0.29) is 0 Å². The number of hydrogen-bond acceptors (Lipinski definition) is 3. The van der Waals surface area contributed by atoms with Gasteiger partial charge in [-0.15, -0.1) is 0 Å². The molecule has 1 rings (SSSR count). The highest BCUT2D eigenvalue weighted by Crippen LogP contribution is 2.20. The summed E-state index contributed by atoms with van der Waals surface area (Å²) in [4.78, 5) is 11.9.